The van der Waals surface area contributed by atoms with Crippen molar-refractivity contribution in [3.63, 3.8) is 0 Å². The molecule has 4 nitrogen and oxygen atoms in total. The number of nitrogens with zero attached hydrogens (tertiary/aromatic N) is 3. The first-order valence-electron chi connectivity index (χ1n) is 6.75. The van der Waals surface area contributed by atoms with E-state index in [1.165, 1.54) is 0 Å². The van der Waals surface area contributed by atoms with Gasteiger partial charge in [-0.05, 0) is 30.0 Å². The van der Waals surface area contributed by atoms with Crippen LogP contribution in [0.2, 0.25) is 0 Å². The molecule has 1 aliphatic carbocycles. The first kappa shape index (κ1) is 12.8. The van der Waals surface area contributed by atoms with Crippen LogP contribution in [-0.4, -0.2) is 15.7 Å². The van der Waals surface area contributed by atoms with Crippen LogP contribution < -0.4 is 5.36 Å². The van der Waals surface area contributed by atoms with E-state index < -0.39 is 0 Å². The summed E-state index contributed by atoms with van der Waals surface area (Å²) in [5.74, 6) is 0.0400. The number of carbonyl (C=O) groups is 1. The molecule has 0 radical (unpaired) electrons. The molecule has 0 bridgehead atoms. The summed E-state index contributed by atoms with van der Waals surface area (Å²) in [4.78, 5) is 16.1. The summed E-state index contributed by atoms with van der Waals surface area (Å²) in [6.45, 7) is 4.19. The predicted molar refractivity (Wildman–Crippen MR) is 76.0 cm³/mol. The normalized spacial score (nSPS) is 20.7. The highest BCUT2D eigenvalue weighted by Crippen LogP contribution is 2.52. The molecule has 4 heteroatoms. The standard InChI is InChI=1S/C16H17N3O/c1-16(2)10-14(16)15(20)18-12-8-9-19(17-11-12)13-6-4-3-5-7-13/h3-9,11,14H,10H2,1-2H3/b18-12+. The molecule has 1 atom stereocenters. The molecule has 3 rings (SSSR count). The van der Waals surface area contributed by atoms with Gasteiger partial charge in [0.1, 0.15) is 0 Å². The largest absolute Gasteiger partial charge is 0.272 e. The highest BCUT2D eigenvalue weighted by molar-refractivity contribution is 5.83. The average molecular weight is 267 g/mol. The van der Waals surface area contributed by atoms with Gasteiger partial charge in [-0.1, -0.05) is 32.0 Å². The second-order valence-electron chi connectivity index (χ2n) is 5.86. The predicted octanol–water partition coefficient (Wildman–Crippen LogP) is 2.35. The average Bonchev–Trinajstić information content (AvgIpc) is 3.10. The van der Waals surface area contributed by atoms with Crippen molar-refractivity contribution in [2.24, 2.45) is 16.3 Å². The van der Waals surface area contributed by atoms with Gasteiger partial charge in [0.05, 0.1) is 17.2 Å². The summed E-state index contributed by atoms with van der Waals surface area (Å²) in [6.07, 6.45) is 4.37. The Morgan fingerprint density at radius 3 is 2.55 bits per heavy atom. The molecule has 1 fully saturated rings. The van der Waals surface area contributed by atoms with Gasteiger partial charge in [0.25, 0.3) is 0 Å². The molecule has 1 heterocycles. The maximum Gasteiger partial charge on any atom is 0.249 e. The molecular weight excluding hydrogens is 250 g/mol. The van der Waals surface area contributed by atoms with Crippen LogP contribution in [0, 0.1) is 11.3 Å². The van der Waals surface area contributed by atoms with Crippen molar-refractivity contribution in [2.45, 2.75) is 20.3 Å². The van der Waals surface area contributed by atoms with Gasteiger partial charge < -0.3 is 0 Å². The maximum atomic E-state index is 11.9. The monoisotopic (exact) mass is 267 g/mol. The van der Waals surface area contributed by atoms with Crippen LogP contribution in [-0.2, 0) is 4.79 Å². The van der Waals surface area contributed by atoms with Crippen molar-refractivity contribution < 1.29 is 4.79 Å². The van der Waals surface area contributed by atoms with E-state index >= 15 is 0 Å². The molecule has 1 aromatic carbocycles. The van der Waals surface area contributed by atoms with Crippen LogP contribution in [0.1, 0.15) is 20.3 Å². The SMILES string of the molecule is CC1(C)CC1C(=O)/N=c1\ccn(-c2ccccc2)nc1. The van der Waals surface area contributed by atoms with Crippen molar-refractivity contribution in [1.29, 1.82) is 0 Å². The van der Waals surface area contributed by atoms with Gasteiger partial charge in [-0.3, -0.25) is 4.79 Å². The maximum absolute atomic E-state index is 11.9. The number of benzene rings is 1. The molecule has 1 unspecified atom stereocenters. The molecule has 1 aliphatic rings. The highest BCUT2D eigenvalue weighted by Gasteiger charge is 2.50. The third kappa shape index (κ3) is 2.54. The minimum atomic E-state index is -0.0331. The molecular formula is C16H17N3O. The Morgan fingerprint density at radius 1 is 1.30 bits per heavy atom. The fourth-order valence-electron chi connectivity index (χ4n) is 2.24. The number of amides is 1. The van der Waals surface area contributed by atoms with Gasteiger partial charge in [0.15, 0.2) is 0 Å². The van der Waals surface area contributed by atoms with Gasteiger partial charge in [-0.2, -0.15) is 5.10 Å². The van der Waals surface area contributed by atoms with Crippen molar-refractivity contribution >= 4 is 5.91 Å². The second-order valence-corrected chi connectivity index (χ2v) is 5.86. The minimum Gasteiger partial charge on any atom is -0.272 e. The van der Waals surface area contributed by atoms with Crippen molar-refractivity contribution in [2.75, 3.05) is 0 Å². The minimum absolute atomic E-state index is 0.0331. The highest BCUT2D eigenvalue weighted by atomic mass is 16.1. The van der Waals surface area contributed by atoms with Gasteiger partial charge in [0, 0.05) is 12.1 Å². The Bertz CT molecular complexity index is 681. The lowest BCUT2D eigenvalue weighted by Crippen LogP contribution is -2.13. The molecule has 0 saturated heterocycles. The summed E-state index contributed by atoms with van der Waals surface area (Å²) in [7, 11) is 0. The van der Waals surface area contributed by atoms with E-state index in [0.29, 0.717) is 5.36 Å². The van der Waals surface area contributed by atoms with Crippen LogP contribution in [0.15, 0.2) is 53.8 Å². The zero-order chi connectivity index (χ0) is 14.2. The van der Waals surface area contributed by atoms with Crippen LogP contribution in [0.4, 0.5) is 0 Å². The number of rotatable bonds is 2. The number of carbonyl (C=O) groups excluding carboxylic acids is 1. The summed E-state index contributed by atoms with van der Waals surface area (Å²) in [5.41, 5.74) is 1.10. The third-order valence-corrected chi connectivity index (χ3v) is 3.77. The lowest BCUT2D eigenvalue weighted by molar-refractivity contribution is -0.119. The number of aromatic nitrogens is 2. The lowest BCUT2D eigenvalue weighted by Gasteiger charge is -2.03. The molecule has 0 aliphatic heterocycles. The van der Waals surface area contributed by atoms with Crippen LogP contribution >= 0.6 is 0 Å². The third-order valence-electron chi connectivity index (χ3n) is 3.77. The molecule has 1 aromatic heterocycles. The Balaban J connectivity index is 1.82. The molecule has 102 valence electrons. The van der Waals surface area contributed by atoms with E-state index in [1.54, 1.807) is 10.9 Å². The van der Waals surface area contributed by atoms with Crippen molar-refractivity contribution in [1.82, 2.24) is 9.78 Å². The Labute approximate surface area is 117 Å². The number of hydrogen-bond donors (Lipinski definition) is 0. The Hall–Kier alpha value is -2.23. The van der Waals surface area contributed by atoms with E-state index in [-0.39, 0.29) is 17.2 Å². The smallest absolute Gasteiger partial charge is 0.249 e. The molecule has 0 N–H and O–H groups in total. The van der Waals surface area contributed by atoms with Gasteiger partial charge in [-0.15, -0.1) is 0 Å². The van der Waals surface area contributed by atoms with Gasteiger partial charge in [0.2, 0.25) is 5.91 Å². The van der Waals surface area contributed by atoms with Crippen molar-refractivity contribution in [3.8, 4) is 5.69 Å². The number of para-hydroxylation sites is 1. The zero-order valence-electron chi connectivity index (χ0n) is 11.7. The zero-order valence-corrected chi connectivity index (χ0v) is 11.7. The van der Waals surface area contributed by atoms with Crippen LogP contribution in [0.3, 0.4) is 0 Å². The summed E-state index contributed by atoms with van der Waals surface area (Å²) in [6, 6.07) is 11.6. The quantitative estimate of drug-likeness (QED) is 0.838. The Morgan fingerprint density at radius 2 is 2.00 bits per heavy atom. The molecule has 0 spiro atoms. The fourth-order valence-corrected chi connectivity index (χ4v) is 2.24. The first-order valence-corrected chi connectivity index (χ1v) is 6.75. The van der Waals surface area contributed by atoms with E-state index in [9.17, 15) is 4.79 Å². The van der Waals surface area contributed by atoms with Gasteiger partial charge >= 0.3 is 0 Å². The fraction of sp³-hybridized carbons (Fsp3) is 0.312. The number of hydrogen-bond acceptors (Lipinski definition) is 2. The van der Waals surface area contributed by atoms with Crippen molar-refractivity contribution in [3.05, 3.63) is 54.1 Å². The van der Waals surface area contributed by atoms with Crippen LogP contribution in [0.5, 0.6) is 0 Å². The molecule has 1 amide bonds. The molecule has 2 aromatic rings. The van der Waals surface area contributed by atoms with Gasteiger partial charge in [-0.25, -0.2) is 9.67 Å². The second kappa shape index (κ2) is 4.71. The van der Waals surface area contributed by atoms with Crippen LogP contribution in [0.25, 0.3) is 5.69 Å². The Kier molecular flexibility index (Phi) is 3.01. The summed E-state index contributed by atoms with van der Waals surface area (Å²) >= 11 is 0. The van der Waals surface area contributed by atoms with E-state index in [4.69, 9.17) is 0 Å². The summed E-state index contributed by atoms with van der Waals surface area (Å²) in [5, 5.41) is 4.90. The van der Waals surface area contributed by atoms with E-state index in [0.717, 1.165) is 12.1 Å². The van der Waals surface area contributed by atoms with E-state index in [2.05, 4.69) is 23.9 Å². The molecule has 1 saturated carbocycles. The van der Waals surface area contributed by atoms with E-state index in [1.807, 2.05) is 42.6 Å². The lowest BCUT2D eigenvalue weighted by atomic mass is 10.1. The molecule has 20 heavy (non-hydrogen) atoms. The first-order chi connectivity index (χ1) is 9.56. The topological polar surface area (TPSA) is 47.2 Å². The summed E-state index contributed by atoms with van der Waals surface area (Å²) < 4.78 is 1.75.